The van der Waals surface area contributed by atoms with Crippen LogP contribution in [0, 0.1) is 0 Å². The van der Waals surface area contributed by atoms with Gasteiger partial charge in [-0.1, -0.05) is 97.1 Å². The van der Waals surface area contributed by atoms with Gasteiger partial charge in [-0.3, -0.25) is 0 Å². The molecular formula is C36H26O. The van der Waals surface area contributed by atoms with Crippen LogP contribution in [0.15, 0.2) is 103 Å². The van der Waals surface area contributed by atoms with E-state index >= 15 is 0 Å². The van der Waals surface area contributed by atoms with Gasteiger partial charge in [0, 0.05) is 6.61 Å². The van der Waals surface area contributed by atoms with Gasteiger partial charge in [-0.2, -0.15) is 0 Å². The monoisotopic (exact) mass is 474 g/mol. The van der Waals surface area contributed by atoms with Crippen LogP contribution < -0.4 is 0 Å². The van der Waals surface area contributed by atoms with Gasteiger partial charge in [0.05, 0.1) is 0 Å². The fraction of sp³-hybridized carbons (Fsp3) is 0.111. The Kier molecular flexibility index (Phi) is 4.47. The molecule has 0 spiro atoms. The number of unbranched alkanes of at least 4 members (excludes halogenated alkanes) is 1. The second kappa shape index (κ2) is 7.90. The molecule has 0 aliphatic rings. The smallest absolute Gasteiger partial charge is 0.0431 e. The average Bonchev–Trinajstić information content (AvgIpc) is 2.95. The van der Waals surface area contributed by atoms with Crippen LogP contribution in [0.4, 0.5) is 0 Å². The normalized spacial score (nSPS) is 12.4. The van der Waals surface area contributed by atoms with Crippen molar-refractivity contribution in [1.29, 1.82) is 0 Å². The Morgan fingerprint density at radius 2 is 1.00 bits per heavy atom. The van der Waals surface area contributed by atoms with E-state index in [2.05, 4.69) is 103 Å². The van der Waals surface area contributed by atoms with E-state index in [9.17, 15) is 5.11 Å². The number of hydrogen-bond acceptors (Lipinski definition) is 1. The van der Waals surface area contributed by atoms with Crippen LogP contribution in [-0.4, -0.2) is 11.7 Å². The third-order valence-electron chi connectivity index (χ3n) is 8.41. The van der Waals surface area contributed by atoms with E-state index in [0.29, 0.717) is 0 Å². The number of hydrogen-bond donors (Lipinski definition) is 1. The highest BCUT2D eigenvalue weighted by molar-refractivity contribution is 6.30. The molecule has 37 heavy (non-hydrogen) atoms. The lowest BCUT2D eigenvalue weighted by Crippen LogP contribution is -1.94. The number of aryl methyl sites for hydroxylation is 1. The molecule has 1 nitrogen and oxygen atoms in total. The molecule has 1 heteroatoms. The molecule has 0 aliphatic heterocycles. The quantitative estimate of drug-likeness (QED) is 0.194. The van der Waals surface area contributed by atoms with Gasteiger partial charge in [0.25, 0.3) is 0 Å². The van der Waals surface area contributed by atoms with E-state index in [1.807, 2.05) is 0 Å². The molecule has 0 saturated carbocycles. The Hall–Kier alpha value is -4.20. The van der Waals surface area contributed by atoms with Crippen molar-refractivity contribution >= 4 is 64.6 Å². The summed E-state index contributed by atoms with van der Waals surface area (Å²) in [5, 5.41) is 25.3. The van der Waals surface area contributed by atoms with Crippen molar-refractivity contribution in [2.75, 3.05) is 6.61 Å². The zero-order chi connectivity index (χ0) is 24.5. The summed E-state index contributed by atoms with van der Waals surface area (Å²) in [5.74, 6) is 0. The average molecular weight is 475 g/mol. The van der Waals surface area contributed by atoms with Crippen LogP contribution in [-0.2, 0) is 6.42 Å². The van der Waals surface area contributed by atoms with Gasteiger partial charge in [-0.25, -0.2) is 0 Å². The fourth-order valence-electron chi connectivity index (χ4n) is 6.73. The second-order valence-corrected chi connectivity index (χ2v) is 10.4. The van der Waals surface area contributed by atoms with Crippen LogP contribution in [0.5, 0.6) is 0 Å². The van der Waals surface area contributed by atoms with Gasteiger partial charge in [0.2, 0.25) is 0 Å². The molecule has 0 amide bonds. The van der Waals surface area contributed by atoms with E-state index in [0.717, 1.165) is 19.3 Å². The van der Waals surface area contributed by atoms with Gasteiger partial charge in [-0.15, -0.1) is 0 Å². The van der Waals surface area contributed by atoms with E-state index in [1.54, 1.807) is 0 Å². The molecule has 0 radical (unpaired) electrons. The minimum absolute atomic E-state index is 0.255. The summed E-state index contributed by atoms with van der Waals surface area (Å²) >= 11 is 0. The van der Waals surface area contributed by atoms with Crippen LogP contribution >= 0.6 is 0 Å². The van der Waals surface area contributed by atoms with Crippen molar-refractivity contribution in [1.82, 2.24) is 0 Å². The molecule has 0 heterocycles. The largest absolute Gasteiger partial charge is 0.396 e. The van der Waals surface area contributed by atoms with Gasteiger partial charge < -0.3 is 5.11 Å². The predicted octanol–water partition coefficient (Wildman–Crippen LogP) is 9.46. The lowest BCUT2D eigenvalue weighted by molar-refractivity contribution is 0.284. The van der Waals surface area contributed by atoms with Crippen LogP contribution in [0.1, 0.15) is 18.4 Å². The van der Waals surface area contributed by atoms with Crippen molar-refractivity contribution in [2.45, 2.75) is 19.3 Å². The maximum atomic E-state index is 9.33. The zero-order valence-electron chi connectivity index (χ0n) is 20.6. The summed E-state index contributed by atoms with van der Waals surface area (Å²) in [6, 6.07) is 38.7. The molecule has 0 saturated heterocycles. The maximum Gasteiger partial charge on any atom is 0.0431 e. The van der Waals surface area contributed by atoms with Gasteiger partial charge in [-0.05, 0) is 107 Å². The summed E-state index contributed by atoms with van der Waals surface area (Å²) in [7, 11) is 0. The Bertz CT molecular complexity index is 2080. The topological polar surface area (TPSA) is 20.2 Å². The van der Waals surface area contributed by atoms with Gasteiger partial charge >= 0.3 is 0 Å². The Morgan fingerprint density at radius 3 is 1.76 bits per heavy atom. The molecule has 8 rings (SSSR count). The highest BCUT2D eigenvalue weighted by Gasteiger charge is 2.18. The Balaban J connectivity index is 1.49. The lowest BCUT2D eigenvalue weighted by atomic mass is 9.84. The van der Waals surface area contributed by atoms with Crippen molar-refractivity contribution in [2.24, 2.45) is 0 Å². The highest BCUT2D eigenvalue weighted by Crippen LogP contribution is 2.45. The van der Waals surface area contributed by atoms with Gasteiger partial charge in [0.15, 0.2) is 0 Å². The number of aliphatic hydroxyl groups is 1. The Labute approximate surface area is 215 Å². The third-order valence-corrected chi connectivity index (χ3v) is 8.41. The first-order chi connectivity index (χ1) is 18.3. The zero-order valence-corrected chi connectivity index (χ0v) is 20.6. The summed E-state index contributed by atoms with van der Waals surface area (Å²) in [5.41, 5.74) is 3.98. The number of aliphatic hydroxyl groups excluding tert-OH is 1. The van der Waals surface area contributed by atoms with Crippen molar-refractivity contribution in [3.8, 4) is 11.1 Å². The van der Waals surface area contributed by atoms with E-state index < -0.39 is 0 Å². The minimum Gasteiger partial charge on any atom is -0.396 e. The number of benzene rings is 8. The SMILES string of the molecule is OCCCCc1ccc2c(-c3ccc4ccc5cccc6ccc3c4c56)cc3cccc4ccc1c2c43. The lowest BCUT2D eigenvalue weighted by Gasteiger charge is -2.19. The highest BCUT2D eigenvalue weighted by atomic mass is 16.2. The van der Waals surface area contributed by atoms with Crippen molar-refractivity contribution in [3.63, 3.8) is 0 Å². The first-order valence-corrected chi connectivity index (χ1v) is 13.3. The molecule has 0 aliphatic carbocycles. The fourth-order valence-corrected chi connectivity index (χ4v) is 6.73. The van der Waals surface area contributed by atoms with E-state index in [-0.39, 0.29) is 6.61 Å². The van der Waals surface area contributed by atoms with Crippen molar-refractivity contribution < 1.29 is 5.11 Å². The molecule has 8 aromatic rings. The van der Waals surface area contributed by atoms with E-state index in [4.69, 9.17) is 0 Å². The van der Waals surface area contributed by atoms with Gasteiger partial charge in [0.1, 0.15) is 0 Å². The second-order valence-electron chi connectivity index (χ2n) is 10.4. The molecule has 176 valence electrons. The first kappa shape index (κ1) is 20.9. The molecule has 0 unspecified atom stereocenters. The summed E-state index contributed by atoms with van der Waals surface area (Å²) in [6.45, 7) is 0.255. The minimum atomic E-state index is 0.255. The van der Waals surface area contributed by atoms with Crippen LogP contribution in [0.2, 0.25) is 0 Å². The predicted molar refractivity (Wildman–Crippen MR) is 159 cm³/mol. The molecule has 0 aromatic heterocycles. The molecule has 0 bridgehead atoms. The summed E-state index contributed by atoms with van der Waals surface area (Å²) in [6.07, 6.45) is 2.83. The number of rotatable bonds is 5. The van der Waals surface area contributed by atoms with Crippen molar-refractivity contribution in [3.05, 3.63) is 109 Å². The molecule has 0 fully saturated rings. The Morgan fingerprint density at radius 1 is 0.432 bits per heavy atom. The van der Waals surface area contributed by atoms with Crippen LogP contribution in [0.25, 0.3) is 75.8 Å². The first-order valence-electron chi connectivity index (χ1n) is 13.3. The molecular weight excluding hydrogens is 448 g/mol. The van der Waals surface area contributed by atoms with Crippen LogP contribution in [0.3, 0.4) is 0 Å². The third kappa shape index (κ3) is 2.95. The molecule has 0 atom stereocenters. The molecule has 8 aromatic carbocycles. The maximum absolute atomic E-state index is 9.33. The summed E-state index contributed by atoms with van der Waals surface area (Å²) < 4.78 is 0. The van der Waals surface area contributed by atoms with E-state index in [1.165, 1.54) is 81.3 Å². The molecule has 1 N–H and O–H groups in total. The summed E-state index contributed by atoms with van der Waals surface area (Å²) in [4.78, 5) is 0. The standard InChI is InChI=1S/C36H26O/c37-20-2-1-5-22-12-18-31-32(21-27-9-4-8-25-13-16-28(22)36(31)34(25)27)29-17-14-26-11-10-23-6-3-7-24-15-19-30(29)35(26)33(23)24/h3-4,6-19,21,37H,1-2,5,20H2.